The Morgan fingerprint density at radius 2 is 1.86 bits per heavy atom. The van der Waals surface area contributed by atoms with Gasteiger partial charge in [0, 0.05) is 25.8 Å². The summed E-state index contributed by atoms with van der Waals surface area (Å²) in [5.74, 6) is 0.981. The quantitative estimate of drug-likeness (QED) is 0.668. The summed E-state index contributed by atoms with van der Waals surface area (Å²) >= 11 is 0. The van der Waals surface area contributed by atoms with Gasteiger partial charge in [-0.1, -0.05) is 24.3 Å². The highest BCUT2D eigenvalue weighted by atomic mass is 16.5. The van der Waals surface area contributed by atoms with Crippen molar-refractivity contribution in [3.63, 3.8) is 0 Å². The van der Waals surface area contributed by atoms with Gasteiger partial charge in [-0.05, 0) is 70.6 Å². The smallest absolute Gasteiger partial charge is 0.254 e. The second kappa shape index (κ2) is 6.95. The minimum absolute atomic E-state index is 0.105. The molecule has 142 valence electrons. The molecule has 0 aromatic heterocycles. The third-order valence-corrected chi connectivity index (χ3v) is 5.69. The summed E-state index contributed by atoms with van der Waals surface area (Å²) in [7, 11) is 1.84. The number of carbonyl (C=O) groups excluding carboxylic acids is 1. The molecular weight excluding hydrogens is 350 g/mol. The van der Waals surface area contributed by atoms with Gasteiger partial charge in [-0.3, -0.25) is 4.79 Å². The van der Waals surface area contributed by atoms with Crippen molar-refractivity contribution in [1.82, 2.24) is 4.90 Å². The summed E-state index contributed by atoms with van der Waals surface area (Å²) < 4.78 is 11.6. The number of carbonyl (C=O) groups is 1. The SMILES string of the molecule is CN1Cc2cc(-c3ccc4ccc(OCC5CCCO5)cc4c3)ccc2C1=O. The van der Waals surface area contributed by atoms with Crippen LogP contribution in [0.4, 0.5) is 0 Å². The fourth-order valence-electron chi connectivity index (χ4n) is 4.10. The second-order valence-electron chi connectivity index (χ2n) is 7.70. The molecule has 3 aromatic carbocycles. The highest BCUT2D eigenvalue weighted by Crippen LogP contribution is 2.31. The number of fused-ring (bicyclic) bond motifs is 2. The molecule has 1 fully saturated rings. The lowest BCUT2D eigenvalue weighted by Crippen LogP contribution is -2.17. The minimum Gasteiger partial charge on any atom is -0.491 e. The van der Waals surface area contributed by atoms with Gasteiger partial charge in [0.05, 0.1) is 6.10 Å². The van der Waals surface area contributed by atoms with E-state index in [-0.39, 0.29) is 12.0 Å². The van der Waals surface area contributed by atoms with Crippen LogP contribution in [-0.4, -0.2) is 37.2 Å². The van der Waals surface area contributed by atoms with Gasteiger partial charge in [0.25, 0.3) is 5.91 Å². The molecule has 1 unspecified atom stereocenters. The predicted octanol–water partition coefficient (Wildman–Crippen LogP) is 4.65. The van der Waals surface area contributed by atoms with Crippen LogP contribution in [0.2, 0.25) is 0 Å². The van der Waals surface area contributed by atoms with E-state index in [0.717, 1.165) is 52.8 Å². The molecule has 28 heavy (non-hydrogen) atoms. The van der Waals surface area contributed by atoms with Gasteiger partial charge < -0.3 is 14.4 Å². The fourth-order valence-corrected chi connectivity index (χ4v) is 4.10. The normalized spacial score (nSPS) is 18.7. The van der Waals surface area contributed by atoms with E-state index in [4.69, 9.17) is 9.47 Å². The molecule has 1 amide bonds. The highest BCUT2D eigenvalue weighted by Gasteiger charge is 2.24. The molecule has 0 saturated carbocycles. The number of ether oxygens (including phenoxy) is 2. The molecule has 4 nitrogen and oxygen atoms in total. The topological polar surface area (TPSA) is 38.8 Å². The Bertz CT molecular complexity index is 1050. The molecule has 3 aromatic rings. The summed E-state index contributed by atoms with van der Waals surface area (Å²) in [6, 6.07) is 18.8. The lowest BCUT2D eigenvalue weighted by molar-refractivity contribution is 0.0680. The third-order valence-electron chi connectivity index (χ3n) is 5.69. The largest absolute Gasteiger partial charge is 0.491 e. The van der Waals surface area contributed by atoms with Crippen LogP contribution in [0.1, 0.15) is 28.8 Å². The number of hydrogen-bond donors (Lipinski definition) is 0. The summed E-state index contributed by atoms with van der Waals surface area (Å²) in [5, 5.41) is 2.33. The van der Waals surface area contributed by atoms with Crippen LogP contribution in [0.3, 0.4) is 0 Å². The van der Waals surface area contributed by atoms with Crippen molar-refractivity contribution in [3.05, 3.63) is 65.7 Å². The van der Waals surface area contributed by atoms with Crippen molar-refractivity contribution in [2.24, 2.45) is 0 Å². The Labute approximate surface area is 164 Å². The molecule has 0 N–H and O–H groups in total. The molecule has 2 aliphatic heterocycles. The van der Waals surface area contributed by atoms with Crippen molar-refractivity contribution < 1.29 is 14.3 Å². The third kappa shape index (κ3) is 3.14. The fraction of sp³-hybridized carbons (Fsp3) is 0.292. The molecule has 0 spiro atoms. The Morgan fingerprint density at radius 1 is 1.04 bits per heavy atom. The minimum atomic E-state index is 0.105. The molecule has 0 aliphatic carbocycles. The number of nitrogens with zero attached hydrogens (tertiary/aromatic N) is 1. The van der Waals surface area contributed by atoms with E-state index in [1.165, 1.54) is 5.39 Å². The van der Waals surface area contributed by atoms with Gasteiger partial charge >= 0.3 is 0 Å². The average molecular weight is 373 g/mol. The van der Waals surface area contributed by atoms with Gasteiger partial charge in [-0.15, -0.1) is 0 Å². The highest BCUT2D eigenvalue weighted by molar-refractivity contribution is 5.99. The molecule has 0 bridgehead atoms. The summed E-state index contributed by atoms with van der Waals surface area (Å²) in [6.45, 7) is 2.13. The maximum atomic E-state index is 12.1. The average Bonchev–Trinajstić information content (AvgIpc) is 3.34. The first kappa shape index (κ1) is 17.3. The van der Waals surface area contributed by atoms with Crippen molar-refractivity contribution >= 4 is 16.7 Å². The Hall–Kier alpha value is -2.85. The lowest BCUT2D eigenvalue weighted by Gasteiger charge is -2.12. The van der Waals surface area contributed by atoms with Crippen LogP contribution in [0, 0.1) is 0 Å². The van der Waals surface area contributed by atoms with Gasteiger partial charge in [0.1, 0.15) is 12.4 Å². The zero-order chi connectivity index (χ0) is 19.1. The van der Waals surface area contributed by atoms with E-state index < -0.39 is 0 Å². The summed E-state index contributed by atoms with van der Waals surface area (Å²) in [4.78, 5) is 13.9. The van der Waals surface area contributed by atoms with Crippen molar-refractivity contribution in [2.45, 2.75) is 25.5 Å². The van der Waals surface area contributed by atoms with Crippen molar-refractivity contribution in [2.75, 3.05) is 20.3 Å². The first-order chi connectivity index (χ1) is 13.7. The van der Waals surface area contributed by atoms with Gasteiger partial charge in [0.15, 0.2) is 0 Å². The van der Waals surface area contributed by atoms with Gasteiger partial charge in [0.2, 0.25) is 0 Å². The Kier molecular flexibility index (Phi) is 4.29. The molecule has 4 heteroatoms. The van der Waals surface area contributed by atoms with E-state index >= 15 is 0 Å². The standard InChI is InChI=1S/C24H23NO3/c1-25-14-20-12-18(7-9-23(20)24(25)26)17-5-4-16-6-8-21(13-19(16)11-17)28-15-22-3-2-10-27-22/h4-9,11-13,22H,2-3,10,14-15H2,1H3. The van der Waals surface area contributed by atoms with E-state index in [9.17, 15) is 4.79 Å². The van der Waals surface area contributed by atoms with Gasteiger partial charge in [-0.2, -0.15) is 0 Å². The predicted molar refractivity (Wildman–Crippen MR) is 110 cm³/mol. The van der Waals surface area contributed by atoms with E-state index in [1.54, 1.807) is 4.90 Å². The first-order valence-corrected chi connectivity index (χ1v) is 9.84. The number of amides is 1. The Balaban J connectivity index is 1.42. The first-order valence-electron chi connectivity index (χ1n) is 9.84. The van der Waals surface area contributed by atoms with E-state index in [0.29, 0.717) is 13.2 Å². The van der Waals surface area contributed by atoms with Crippen LogP contribution in [0.25, 0.3) is 21.9 Å². The van der Waals surface area contributed by atoms with Gasteiger partial charge in [-0.25, -0.2) is 0 Å². The van der Waals surface area contributed by atoms with E-state index in [2.05, 4.69) is 36.4 Å². The number of hydrogen-bond acceptors (Lipinski definition) is 3. The molecule has 2 aliphatic rings. The molecular formula is C24H23NO3. The van der Waals surface area contributed by atoms with E-state index in [1.807, 2.05) is 25.2 Å². The molecule has 5 rings (SSSR count). The molecule has 2 heterocycles. The van der Waals surface area contributed by atoms with Crippen LogP contribution < -0.4 is 4.74 Å². The summed E-state index contributed by atoms with van der Waals surface area (Å²) in [5.41, 5.74) is 4.19. The second-order valence-corrected chi connectivity index (χ2v) is 7.70. The molecule has 1 saturated heterocycles. The van der Waals surface area contributed by atoms with Crippen LogP contribution in [-0.2, 0) is 11.3 Å². The number of rotatable bonds is 4. The molecule has 0 radical (unpaired) electrons. The zero-order valence-corrected chi connectivity index (χ0v) is 16.0. The van der Waals surface area contributed by atoms with Crippen molar-refractivity contribution in [1.29, 1.82) is 0 Å². The molecule has 1 atom stereocenters. The van der Waals surface area contributed by atoms with Crippen molar-refractivity contribution in [3.8, 4) is 16.9 Å². The van der Waals surface area contributed by atoms with Crippen LogP contribution in [0.15, 0.2) is 54.6 Å². The van der Waals surface area contributed by atoms with Crippen LogP contribution in [0.5, 0.6) is 5.75 Å². The number of benzene rings is 3. The van der Waals surface area contributed by atoms with Crippen LogP contribution >= 0.6 is 0 Å². The Morgan fingerprint density at radius 3 is 2.71 bits per heavy atom. The zero-order valence-electron chi connectivity index (χ0n) is 16.0. The monoisotopic (exact) mass is 373 g/mol. The maximum Gasteiger partial charge on any atom is 0.254 e. The maximum absolute atomic E-state index is 12.1. The summed E-state index contributed by atoms with van der Waals surface area (Å²) in [6.07, 6.45) is 2.42. The lowest BCUT2D eigenvalue weighted by atomic mass is 9.98.